The van der Waals surface area contributed by atoms with Gasteiger partial charge in [0.2, 0.25) is 5.78 Å². The van der Waals surface area contributed by atoms with Crippen molar-refractivity contribution in [3.63, 3.8) is 0 Å². The first-order valence-corrected chi connectivity index (χ1v) is 4.60. The maximum absolute atomic E-state index is 5.92. The largest absolute Gasteiger partial charge is 0.383 e. The Kier molecular flexibility index (Phi) is 1.74. The number of nitrogens with zero attached hydrogens (tertiary/aromatic N) is 3. The number of aromatic nitrogens is 3. The Balaban J connectivity index is 2.99. The second-order valence-electron chi connectivity index (χ2n) is 3.63. The Hall–Kier alpha value is -1.58. The molecule has 2 aromatic rings. The van der Waals surface area contributed by atoms with Gasteiger partial charge in [0.25, 0.3) is 0 Å². The average molecular weight is 190 g/mol. The van der Waals surface area contributed by atoms with E-state index in [0.717, 1.165) is 17.1 Å². The number of hydrogen-bond donors (Lipinski definition) is 1. The molecule has 0 aromatic carbocycles. The predicted molar refractivity (Wildman–Crippen MR) is 56.3 cm³/mol. The zero-order chi connectivity index (χ0) is 10.5. The summed E-state index contributed by atoms with van der Waals surface area (Å²) in [6.45, 7) is 7.97. The lowest BCUT2D eigenvalue weighted by Crippen LogP contribution is -2.03. The molecule has 4 nitrogen and oxygen atoms in total. The predicted octanol–water partition coefficient (Wildman–Crippen LogP) is 1.55. The Morgan fingerprint density at radius 2 is 1.57 bits per heavy atom. The van der Waals surface area contributed by atoms with E-state index in [9.17, 15) is 0 Å². The van der Waals surface area contributed by atoms with E-state index in [2.05, 4.69) is 9.97 Å². The second-order valence-corrected chi connectivity index (χ2v) is 3.63. The van der Waals surface area contributed by atoms with Crippen LogP contribution in [0.25, 0.3) is 5.78 Å². The first-order valence-electron chi connectivity index (χ1n) is 4.60. The summed E-state index contributed by atoms with van der Waals surface area (Å²) in [5.41, 5.74) is 10.1. The number of imidazole rings is 1. The molecule has 14 heavy (non-hydrogen) atoms. The minimum absolute atomic E-state index is 0.688. The summed E-state index contributed by atoms with van der Waals surface area (Å²) in [5, 5.41) is 0. The van der Waals surface area contributed by atoms with Gasteiger partial charge in [0.15, 0.2) is 0 Å². The van der Waals surface area contributed by atoms with Crippen LogP contribution in [0.4, 0.5) is 5.82 Å². The topological polar surface area (TPSA) is 56.2 Å². The molecule has 0 amide bonds. The Labute approximate surface area is 82.8 Å². The number of hydrogen-bond acceptors (Lipinski definition) is 3. The van der Waals surface area contributed by atoms with Crippen molar-refractivity contribution in [1.29, 1.82) is 0 Å². The highest BCUT2D eigenvalue weighted by atomic mass is 15.2. The number of nitrogen functional groups attached to an aromatic ring is 1. The van der Waals surface area contributed by atoms with Gasteiger partial charge in [0.05, 0.1) is 5.69 Å². The third-order valence-corrected chi connectivity index (χ3v) is 2.77. The Bertz CT molecular complexity index is 511. The monoisotopic (exact) mass is 190 g/mol. The molecular weight excluding hydrogens is 176 g/mol. The molecule has 0 saturated carbocycles. The van der Waals surface area contributed by atoms with Crippen LogP contribution in [0.3, 0.4) is 0 Å². The van der Waals surface area contributed by atoms with Crippen molar-refractivity contribution < 1.29 is 0 Å². The van der Waals surface area contributed by atoms with E-state index in [0.29, 0.717) is 11.6 Å². The summed E-state index contributed by atoms with van der Waals surface area (Å²) in [7, 11) is 0. The molecule has 0 aliphatic carbocycles. The van der Waals surface area contributed by atoms with Gasteiger partial charge in [-0.3, -0.25) is 4.40 Å². The van der Waals surface area contributed by atoms with Crippen molar-refractivity contribution in [2.75, 3.05) is 5.73 Å². The number of rotatable bonds is 0. The van der Waals surface area contributed by atoms with Crippen molar-refractivity contribution in [1.82, 2.24) is 14.4 Å². The second kappa shape index (κ2) is 2.70. The fraction of sp³-hybridized carbons (Fsp3) is 0.400. The molecule has 0 unspecified atom stereocenters. The van der Waals surface area contributed by atoms with E-state index >= 15 is 0 Å². The first kappa shape index (κ1) is 8.99. The number of nitrogens with two attached hydrogens (primary N) is 1. The van der Waals surface area contributed by atoms with E-state index in [1.807, 2.05) is 32.1 Å². The zero-order valence-electron chi connectivity index (χ0n) is 8.92. The summed E-state index contributed by atoms with van der Waals surface area (Å²) in [6, 6.07) is 0. The van der Waals surface area contributed by atoms with Crippen molar-refractivity contribution in [2.45, 2.75) is 27.7 Å². The maximum Gasteiger partial charge on any atom is 0.236 e. The van der Waals surface area contributed by atoms with E-state index in [4.69, 9.17) is 5.73 Å². The lowest BCUT2D eigenvalue weighted by atomic mass is 10.2. The molecule has 0 atom stereocenters. The van der Waals surface area contributed by atoms with Crippen LogP contribution in [0.5, 0.6) is 0 Å². The molecule has 0 saturated heterocycles. The average Bonchev–Trinajstić information content (AvgIpc) is 2.39. The van der Waals surface area contributed by atoms with Crippen LogP contribution >= 0.6 is 0 Å². The van der Waals surface area contributed by atoms with Gasteiger partial charge in [-0.05, 0) is 33.3 Å². The van der Waals surface area contributed by atoms with Crippen molar-refractivity contribution in [2.24, 2.45) is 0 Å². The third kappa shape index (κ3) is 0.999. The molecule has 0 bridgehead atoms. The summed E-state index contributed by atoms with van der Waals surface area (Å²) in [5.74, 6) is 1.38. The molecule has 0 radical (unpaired) electrons. The number of fused-ring (bicyclic) bond motifs is 1. The maximum atomic E-state index is 5.92. The van der Waals surface area contributed by atoms with Gasteiger partial charge < -0.3 is 5.73 Å². The van der Waals surface area contributed by atoms with Gasteiger partial charge in [-0.2, -0.15) is 0 Å². The normalized spacial score (nSPS) is 11.1. The van der Waals surface area contributed by atoms with E-state index < -0.39 is 0 Å². The van der Waals surface area contributed by atoms with Crippen LogP contribution < -0.4 is 5.73 Å². The zero-order valence-corrected chi connectivity index (χ0v) is 8.92. The highest BCUT2D eigenvalue weighted by Gasteiger charge is 2.11. The van der Waals surface area contributed by atoms with Crippen LogP contribution in [0.1, 0.15) is 22.6 Å². The minimum atomic E-state index is 0.688. The molecule has 2 rings (SSSR count). The van der Waals surface area contributed by atoms with Gasteiger partial charge in [-0.25, -0.2) is 9.97 Å². The lowest BCUT2D eigenvalue weighted by molar-refractivity contribution is 0.985. The number of aryl methyl sites for hydroxylation is 3. The summed E-state index contributed by atoms with van der Waals surface area (Å²) >= 11 is 0. The molecule has 2 aromatic heterocycles. The van der Waals surface area contributed by atoms with E-state index in [-0.39, 0.29) is 0 Å². The molecule has 2 heterocycles. The number of anilines is 1. The molecule has 74 valence electrons. The molecule has 2 N–H and O–H groups in total. The fourth-order valence-electron chi connectivity index (χ4n) is 1.60. The van der Waals surface area contributed by atoms with E-state index in [1.165, 1.54) is 5.56 Å². The molecule has 0 aliphatic rings. The lowest BCUT2D eigenvalue weighted by Gasteiger charge is -2.07. The van der Waals surface area contributed by atoms with Crippen LogP contribution in [-0.4, -0.2) is 14.4 Å². The van der Waals surface area contributed by atoms with Gasteiger partial charge in [0, 0.05) is 11.4 Å². The van der Waals surface area contributed by atoms with Crippen LogP contribution in [0.15, 0.2) is 0 Å². The Morgan fingerprint density at radius 1 is 1.00 bits per heavy atom. The SMILES string of the molecule is Cc1nc2nc(C)c(N)n2c(C)c1C. The van der Waals surface area contributed by atoms with Crippen molar-refractivity contribution in [3.05, 3.63) is 22.6 Å². The quantitative estimate of drug-likeness (QED) is 0.685. The summed E-state index contributed by atoms with van der Waals surface area (Å²) < 4.78 is 1.90. The van der Waals surface area contributed by atoms with Gasteiger partial charge in [-0.15, -0.1) is 0 Å². The standard InChI is InChI=1S/C10H14N4/c1-5-6(2)12-10-13-7(3)9(11)14(10)8(5)4/h11H2,1-4H3. The first-order chi connectivity index (χ1) is 6.52. The molecule has 0 aliphatic heterocycles. The summed E-state index contributed by atoms with van der Waals surface area (Å²) in [6.07, 6.45) is 0. The minimum Gasteiger partial charge on any atom is -0.383 e. The van der Waals surface area contributed by atoms with Crippen LogP contribution in [-0.2, 0) is 0 Å². The third-order valence-electron chi connectivity index (χ3n) is 2.77. The molecule has 0 spiro atoms. The van der Waals surface area contributed by atoms with E-state index in [1.54, 1.807) is 0 Å². The highest BCUT2D eigenvalue weighted by molar-refractivity contribution is 5.51. The fourth-order valence-corrected chi connectivity index (χ4v) is 1.60. The van der Waals surface area contributed by atoms with Crippen molar-refractivity contribution >= 4 is 11.6 Å². The van der Waals surface area contributed by atoms with Crippen molar-refractivity contribution in [3.8, 4) is 0 Å². The van der Waals surface area contributed by atoms with Gasteiger partial charge in [-0.1, -0.05) is 0 Å². The Morgan fingerprint density at radius 3 is 2.21 bits per heavy atom. The smallest absolute Gasteiger partial charge is 0.236 e. The van der Waals surface area contributed by atoms with Gasteiger partial charge in [0.1, 0.15) is 5.82 Å². The van der Waals surface area contributed by atoms with Crippen LogP contribution in [0.2, 0.25) is 0 Å². The molecular formula is C10H14N4. The van der Waals surface area contributed by atoms with Crippen LogP contribution in [0, 0.1) is 27.7 Å². The molecule has 0 fully saturated rings. The highest BCUT2D eigenvalue weighted by Crippen LogP contribution is 2.18. The van der Waals surface area contributed by atoms with Gasteiger partial charge >= 0.3 is 0 Å². The summed E-state index contributed by atoms with van der Waals surface area (Å²) in [4.78, 5) is 8.69. The molecule has 4 heteroatoms.